The van der Waals surface area contributed by atoms with Gasteiger partial charge >= 0.3 is 11.8 Å². The molecule has 0 spiro atoms. The number of nitrogens with one attached hydrogen (secondary N) is 2. The normalized spacial score (nSPS) is 14.9. The molecule has 1 saturated heterocycles. The van der Waals surface area contributed by atoms with Crippen molar-refractivity contribution in [3.63, 3.8) is 0 Å². The summed E-state index contributed by atoms with van der Waals surface area (Å²) in [6.45, 7) is 3.30. The molecular formula is C25H25F2N5O2. The van der Waals surface area contributed by atoms with Gasteiger partial charge in [-0.15, -0.1) is 0 Å². The standard InChI is InChI=1S/C25H25F2N5O2/c26-19-8-9-21(27)22(15-19)30-25(34)24(33)29-17-23(18-5-4-10-28-16-18)32-13-11-31(12-14-32)20-6-2-1-3-7-20/h1-10,15-16,23H,11-14,17H2,(H,29,33)(H,30,34). The van der Waals surface area contributed by atoms with Crippen LogP contribution in [-0.2, 0) is 9.59 Å². The van der Waals surface area contributed by atoms with Gasteiger partial charge in [0.1, 0.15) is 11.6 Å². The molecule has 1 atom stereocenters. The number of piperazine rings is 1. The number of hydrogen-bond donors (Lipinski definition) is 2. The minimum absolute atomic E-state index is 0.162. The van der Waals surface area contributed by atoms with E-state index in [0.717, 1.165) is 55.6 Å². The number of halogens is 2. The Labute approximate surface area is 196 Å². The van der Waals surface area contributed by atoms with Gasteiger partial charge in [-0.05, 0) is 35.9 Å². The van der Waals surface area contributed by atoms with E-state index >= 15 is 0 Å². The second-order valence-electron chi connectivity index (χ2n) is 7.95. The molecule has 4 rings (SSSR count). The van der Waals surface area contributed by atoms with Crippen LogP contribution < -0.4 is 15.5 Å². The second kappa shape index (κ2) is 10.8. The number of rotatable bonds is 6. The Morgan fingerprint density at radius 1 is 0.941 bits per heavy atom. The van der Waals surface area contributed by atoms with E-state index in [1.165, 1.54) is 0 Å². The van der Waals surface area contributed by atoms with Crippen LogP contribution in [0, 0.1) is 11.6 Å². The highest BCUT2D eigenvalue weighted by Crippen LogP contribution is 2.23. The summed E-state index contributed by atoms with van der Waals surface area (Å²) in [7, 11) is 0. The molecule has 9 heteroatoms. The molecule has 0 saturated carbocycles. The molecule has 2 N–H and O–H groups in total. The number of aromatic nitrogens is 1. The lowest BCUT2D eigenvalue weighted by atomic mass is 10.1. The minimum Gasteiger partial charge on any atom is -0.369 e. The summed E-state index contributed by atoms with van der Waals surface area (Å²) in [6, 6.07) is 16.4. The lowest BCUT2D eigenvalue weighted by Crippen LogP contribution is -2.50. The van der Waals surface area contributed by atoms with Crippen molar-refractivity contribution in [3.05, 3.63) is 90.3 Å². The lowest BCUT2D eigenvalue weighted by Gasteiger charge is -2.40. The highest BCUT2D eigenvalue weighted by Gasteiger charge is 2.27. The number of carbonyl (C=O) groups is 2. The Bertz CT molecular complexity index is 1120. The minimum atomic E-state index is -1.07. The van der Waals surface area contributed by atoms with Crippen molar-refractivity contribution in [2.45, 2.75) is 6.04 Å². The van der Waals surface area contributed by atoms with Crippen LogP contribution in [-0.4, -0.2) is 54.4 Å². The monoisotopic (exact) mass is 465 g/mol. The van der Waals surface area contributed by atoms with Crippen LogP contribution in [0.15, 0.2) is 73.1 Å². The first-order valence-corrected chi connectivity index (χ1v) is 11.0. The van der Waals surface area contributed by atoms with E-state index in [9.17, 15) is 18.4 Å². The van der Waals surface area contributed by atoms with E-state index in [0.29, 0.717) is 0 Å². The number of para-hydroxylation sites is 1. The van der Waals surface area contributed by atoms with Gasteiger partial charge in [0.25, 0.3) is 0 Å². The van der Waals surface area contributed by atoms with E-state index in [2.05, 4.69) is 37.6 Å². The molecule has 0 bridgehead atoms. The molecule has 2 heterocycles. The van der Waals surface area contributed by atoms with Crippen molar-refractivity contribution in [3.8, 4) is 0 Å². The van der Waals surface area contributed by atoms with Crippen LogP contribution in [0.25, 0.3) is 0 Å². The van der Waals surface area contributed by atoms with Crippen LogP contribution in [0.2, 0.25) is 0 Å². The summed E-state index contributed by atoms with van der Waals surface area (Å²) in [6.07, 6.45) is 3.41. The number of amides is 2. The van der Waals surface area contributed by atoms with E-state index in [-0.39, 0.29) is 18.3 Å². The lowest BCUT2D eigenvalue weighted by molar-refractivity contribution is -0.136. The third-order valence-corrected chi connectivity index (χ3v) is 5.78. The van der Waals surface area contributed by atoms with E-state index in [1.807, 2.05) is 30.3 Å². The van der Waals surface area contributed by atoms with E-state index in [1.54, 1.807) is 12.4 Å². The number of carbonyl (C=O) groups excluding carboxylic acids is 2. The van der Waals surface area contributed by atoms with E-state index in [4.69, 9.17) is 0 Å². The van der Waals surface area contributed by atoms with E-state index < -0.39 is 23.4 Å². The molecule has 176 valence electrons. The summed E-state index contributed by atoms with van der Waals surface area (Å²) < 4.78 is 27.1. The maximum Gasteiger partial charge on any atom is 0.313 e. The van der Waals surface area contributed by atoms with Crippen molar-refractivity contribution in [1.29, 1.82) is 0 Å². The topological polar surface area (TPSA) is 77.6 Å². The summed E-state index contributed by atoms with van der Waals surface area (Å²) in [5.74, 6) is -3.54. The molecule has 1 aliphatic heterocycles. The molecule has 0 radical (unpaired) electrons. The summed E-state index contributed by atoms with van der Waals surface area (Å²) in [4.78, 5) is 33.4. The zero-order valence-electron chi connectivity index (χ0n) is 18.5. The number of anilines is 2. The number of hydrogen-bond acceptors (Lipinski definition) is 5. The Kier molecular flexibility index (Phi) is 7.44. The van der Waals surface area contributed by atoms with Crippen LogP contribution in [0.3, 0.4) is 0 Å². The van der Waals surface area contributed by atoms with Gasteiger partial charge in [0, 0.05) is 56.9 Å². The fourth-order valence-corrected chi connectivity index (χ4v) is 4.00. The first-order chi connectivity index (χ1) is 16.5. The molecule has 3 aromatic rings. The Morgan fingerprint density at radius 2 is 1.71 bits per heavy atom. The molecule has 2 aromatic carbocycles. The second-order valence-corrected chi connectivity index (χ2v) is 7.95. The van der Waals surface area contributed by atoms with Gasteiger partial charge in [-0.1, -0.05) is 24.3 Å². The molecule has 34 heavy (non-hydrogen) atoms. The van der Waals surface area contributed by atoms with Gasteiger partial charge in [-0.25, -0.2) is 8.78 Å². The summed E-state index contributed by atoms with van der Waals surface area (Å²) in [5.41, 5.74) is 1.68. The number of benzene rings is 2. The Hall–Kier alpha value is -3.85. The smallest absolute Gasteiger partial charge is 0.313 e. The van der Waals surface area contributed by atoms with Crippen molar-refractivity contribution in [1.82, 2.24) is 15.2 Å². The summed E-state index contributed by atoms with van der Waals surface area (Å²) >= 11 is 0. The third-order valence-electron chi connectivity index (χ3n) is 5.78. The van der Waals surface area contributed by atoms with Crippen molar-refractivity contribution in [2.75, 3.05) is 42.9 Å². The average Bonchev–Trinajstić information content (AvgIpc) is 2.88. The zero-order valence-corrected chi connectivity index (χ0v) is 18.5. The Morgan fingerprint density at radius 3 is 2.41 bits per heavy atom. The summed E-state index contributed by atoms with van der Waals surface area (Å²) in [5, 5.41) is 4.74. The van der Waals surface area contributed by atoms with Crippen LogP contribution in [0.5, 0.6) is 0 Å². The molecule has 1 unspecified atom stereocenters. The van der Waals surface area contributed by atoms with Crippen LogP contribution in [0.1, 0.15) is 11.6 Å². The molecule has 1 aliphatic rings. The predicted octanol–water partition coefficient (Wildman–Crippen LogP) is 2.98. The van der Waals surface area contributed by atoms with Crippen molar-refractivity contribution in [2.24, 2.45) is 0 Å². The van der Waals surface area contributed by atoms with Gasteiger partial charge in [0.05, 0.1) is 11.7 Å². The number of pyridine rings is 1. The first-order valence-electron chi connectivity index (χ1n) is 11.0. The fraction of sp³-hybridized carbons (Fsp3) is 0.240. The van der Waals surface area contributed by atoms with Gasteiger partial charge in [0.15, 0.2) is 0 Å². The quantitative estimate of drug-likeness (QED) is 0.548. The van der Waals surface area contributed by atoms with Crippen LogP contribution in [0.4, 0.5) is 20.2 Å². The van der Waals surface area contributed by atoms with Gasteiger partial charge in [-0.2, -0.15) is 0 Å². The van der Waals surface area contributed by atoms with Gasteiger partial charge in [0.2, 0.25) is 0 Å². The molecular weight excluding hydrogens is 440 g/mol. The predicted molar refractivity (Wildman–Crippen MR) is 125 cm³/mol. The molecule has 2 amide bonds. The first kappa shape index (κ1) is 23.3. The molecule has 7 nitrogen and oxygen atoms in total. The largest absolute Gasteiger partial charge is 0.369 e. The van der Waals surface area contributed by atoms with Gasteiger partial charge in [-0.3, -0.25) is 19.5 Å². The average molecular weight is 466 g/mol. The molecule has 0 aliphatic carbocycles. The highest BCUT2D eigenvalue weighted by molar-refractivity contribution is 6.39. The maximum atomic E-state index is 13.8. The fourth-order valence-electron chi connectivity index (χ4n) is 4.00. The molecule has 1 aromatic heterocycles. The SMILES string of the molecule is O=C(NCC(c1cccnc1)N1CCN(c2ccccc2)CC1)C(=O)Nc1cc(F)ccc1F. The van der Waals surface area contributed by atoms with Gasteiger partial charge < -0.3 is 15.5 Å². The Balaban J connectivity index is 1.39. The number of nitrogens with zero attached hydrogens (tertiary/aromatic N) is 3. The zero-order chi connectivity index (χ0) is 23.9. The van der Waals surface area contributed by atoms with Crippen molar-refractivity contribution < 1.29 is 18.4 Å². The van der Waals surface area contributed by atoms with Crippen LogP contribution >= 0.6 is 0 Å². The third kappa shape index (κ3) is 5.74. The molecule has 1 fully saturated rings. The highest BCUT2D eigenvalue weighted by atomic mass is 19.1. The maximum absolute atomic E-state index is 13.8. The van der Waals surface area contributed by atoms with Crippen molar-refractivity contribution >= 4 is 23.2 Å².